The van der Waals surface area contributed by atoms with Crippen molar-refractivity contribution in [2.75, 3.05) is 75.9 Å². The molecule has 1 amide bonds. The highest BCUT2D eigenvalue weighted by Crippen LogP contribution is 2.30. The SMILES string of the molecule is CCN(CC)c1ccc(S(=O)(=O)N2CCOCC2)cc1NC(=O)CN1CCOC(C)C1. The average Bonchev–Trinajstić information content (AvgIpc) is 2.76. The van der Waals surface area contributed by atoms with Gasteiger partial charge in [-0.2, -0.15) is 4.31 Å². The first-order valence-electron chi connectivity index (χ1n) is 11.0. The molecule has 2 fully saturated rings. The van der Waals surface area contributed by atoms with Gasteiger partial charge in [0.2, 0.25) is 15.9 Å². The van der Waals surface area contributed by atoms with Crippen LogP contribution in [-0.4, -0.2) is 95.3 Å². The van der Waals surface area contributed by atoms with Gasteiger partial charge >= 0.3 is 0 Å². The van der Waals surface area contributed by atoms with E-state index < -0.39 is 10.0 Å². The first-order valence-corrected chi connectivity index (χ1v) is 12.4. The topological polar surface area (TPSA) is 91.4 Å². The number of carbonyl (C=O) groups is 1. The number of hydrogen-bond acceptors (Lipinski definition) is 7. The molecule has 9 nitrogen and oxygen atoms in total. The van der Waals surface area contributed by atoms with Crippen LogP contribution in [0.1, 0.15) is 20.8 Å². The number of morpholine rings is 2. The maximum Gasteiger partial charge on any atom is 0.243 e. The molecule has 2 heterocycles. The molecule has 10 heteroatoms. The van der Waals surface area contributed by atoms with E-state index in [9.17, 15) is 13.2 Å². The number of benzene rings is 1. The van der Waals surface area contributed by atoms with E-state index >= 15 is 0 Å². The number of amides is 1. The Kier molecular flexibility index (Phi) is 8.29. The number of nitrogens with one attached hydrogen (secondary N) is 1. The van der Waals surface area contributed by atoms with E-state index in [1.54, 1.807) is 18.2 Å². The summed E-state index contributed by atoms with van der Waals surface area (Å²) in [4.78, 5) is 17.1. The molecular weight excluding hydrogens is 420 g/mol. The van der Waals surface area contributed by atoms with Gasteiger partial charge in [0, 0.05) is 39.3 Å². The predicted molar refractivity (Wildman–Crippen MR) is 120 cm³/mol. The molecule has 0 bridgehead atoms. The standard InChI is InChI=1S/C21H34N4O5S/c1-4-24(5-2)20-7-6-18(31(27,28)25-9-11-29-12-10-25)14-19(20)22-21(26)16-23-8-13-30-17(3)15-23/h6-7,14,17H,4-5,8-13,15-16H2,1-3H3,(H,22,26). The van der Waals surface area contributed by atoms with Crippen molar-refractivity contribution in [3.8, 4) is 0 Å². The zero-order chi connectivity index (χ0) is 22.4. The predicted octanol–water partition coefficient (Wildman–Crippen LogP) is 1.21. The number of sulfonamides is 1. The number of anilines is 2. The third-order valence-electron chi connectivity index (χ3n) is 5.65. The van der Waals surface area contributed by atoms with E-state index in [4.69, 9.17) is 9.47 Å². The Balaban J connectivity index is 1.84. The molecule has 1 aromatic rings. The highest BCUT2D eigenvalue weighted by Gasteiger charge is 2.28. The van der Waals surface area contributed by atoms with E-state index in [1.165, 1.54) is 4.31 Å². The number of ether oxygens (including phenoxy) is 2. The molecule has 1 N–H and O–H groups in total. The Morgan fingerprint density at radius 1 is 1.16 bits per heavy atom. The first-order chi connectivity index (χ1) is 14.8. The summed E-state index contributed by atoms with van der Waals surface area (Å²) >= 11 is 0. The van der Waals surface area contributed by atoms with Crippen molar-refractivity contribution in [2.24, 2.45) is 0 Å². The molecule has 2 aliphatic rings. The molecule has 1 unspecified atom stereocenters. The quantitative estimate of drug-likeness (QED) is 0.631. The van der Waals surface area contributed by atoms with E-state index in [2.05, 4.69) is 15.1 Å². The van der Waals surface area contributed by atoms with Crippen molar-refractivity contribution in [2.45, 2.75) is 31.8 Å². The van der Waals surface area contributed by atoms with Crippen LogP contribution in [0, 0.1) is 0 Å². The largest absolute Gasteiger partial charge is 0.379 e. The second kappa shape index (κ2) is 10.7. The van der Waals surface area contributed by atoms with Gasteiger partial charge in [-0.15, -0.1) is 0 Å². The van der Waals surface area contributed by atoms with Gasteiger partial charge in [0.25, 0.3) is 0 Å². The summed E-state index contributed by atoms with van der Waals surface area (Å²) in [6, 6.07) is 4.99. The molecule has 1 aromatic carbocycles. The summed E-state index contributed by atoms with van der Waals surface area (Å²) in [7, 11) is -3.65. The zero-order valence-corrected chi connectivity index (χ0v) is 19.5. The maximum atomic E-state index is 13.1. The molecule has 31 heavy (non-hydrogen) atoms. The highest BCUT2D eigenvalue weighted by molar-refractivity contribution is 7.89. The lowest BCUT2D eigenvalue weighted by Gasteiger charge is -2.31. The van der Waals surface area contributed by atoms with Crippen LogP contribution in [0.5, 0.6) is 0 Å². The van der Waals surface area contributed by atoms with Crippen LogP contribution in [0.25, 0.3) is 0 Å². The van der Waals surface area contributed by atoms with Crippen LogP contribution in [0.2, 0.25) is 0 Å². The van der Waals surface area contributed by atoms with Crippen molar-refractivity contribution < 1.29 is 22.7 Å². The van der Waals surface area contributed by atoms with Gasteiger partial charge in [0.1, 0.15) is 0 Å². The third kappa shape index (κ3) is 5.95. The van der Waals surface area contributed by atoms with Crippen molar-refractivity contribution in [1.29, 1.82) is 0 Å². The Morgan fingerprint density at radius 3 is 2.52 bits per heavy atom. The molecule has 0 saturated carbocycles. The Hall–Kier alpha value is -1.72. The number of rotatable bonds is 8. The molecule has 2 saturated heterocycles. The van der Waals surface area contributed by atoms with Gasteiger partial charge < -0.3 is 19.7 Å². The van der Waals surface area contributed by atoms with Crippen LogP contribution in [-0.2, 0) is 24.3 Å². The summed E-state index contributed by atoms with van der Waals surface area (Å²) in [6.07, 6.45) is 0.0924. The second-order valence-corrected chi connectivity index (χ2v) is 9.77. The van der Waals surface area contributed by atoms with Crippen molar-refractivity contribution in [3.05, 3.63) is 18.2 Å². The van der Waals surface area contributed by atoms with Crippen molar-refractivity contribution in [1.82, 2.24) is 9.21 Å². The minimum Gasteiger partial charge on any atom is -0.379 e. The molecule has 174 valence electrons. The lowest BCUT2D eigenvalue weighted by Crippen LogP contribution is -2.44. The molecule has 0 aliphatic carbocycles. The fraction of sp³-hybridized carbons (Fsp3) is 0.667. The van der Waals surface area contributed by atoms with Gasteiger partial charge in [0.15, 0.2) is 0 Å². The van der Waals surface area contributed by atoms with Crippen molar-refractivity contribution in [3.63, 3.8) is 0 Å². The van der Waals surface area contributed by atoms with Crippen LogP contribution in [0.15, 0.2) is 23.1 Å². The van der Waals surface area contributed by atoms with E-state index in [-0.39, 0.29) is 23.5 Å². The normalized spacial score (nSPS) is 21.1. The van der Waals surface area contributed by atoms with E-state index in [1.807, 2.05) is 20.8 Å². The lowest BCUT2D eigenvalue weighted by atomic mass is 10.2. The summed E-state index contributed by atoms with van der Waals surface area (Å²) in [5.74, 6) is -0.163. The summed E-state index contributed by atoms with van der Waals surface area (Å²) < 4.78 is 38.5. The Bertz CT molecular complexity index is 853. The van der Waals surface area contributed by atoms with Crippen LogP contribution in [0.3, 0.4) is 0 Å². The molecule has 1 atom stereocenters. The van der Waals surface area contributed by atoms with Gasteiger partial charge in [-0.25, -0.2) is 8.42 Å². The van der Waals surface area contributed by atoms with Gasteiger partial charge in [-0.3, -0.25) is 9.69 Å². The fourth-order valence-corrected chi connectivity index (χ4v) is 5.41. The maximum absolute atomic E-state index is 13.1. The Morgan fingerprint density at radius 2 is 1.87 bits per heavy atom. The number of hydrogen-bond donors (Lipinski definition) is 1. The van der Waals surface area contributed by atoms with Gasteiger partial charge in [0.05, 0.1) is 48.7 Å². The molecular formula is C21H34N4O5S. The minimum atomic E-state index is -3.65. The molecule has 3 rings (SSSR count). The molecule has 2 aliphatic heterocycles. The molecule has 0 aromatic heterocycles. The monoisotopic (exact) mass is 454 g/mol. The summed E-state index contributed by atoms with van der Waals surface area (Å²) in [5.41, 5.74) is 1.33. The molecule has 0 spiro atoms. The second-order valence-electron chi connectivity index (χ2n) is 7.83. The van der Waals surface area contributed by atoms with Crippen LogP contribution >= 0.6 is 0 Å². The third-order valence-corrected chi connectivity index (χ3v) is 7.54. The van der Waals surface area contributed by atoms with E-state index in [0.717, 1.165) is 18.8 Å². The highest BCUT2D eigenvalue weighted by atomic mass is 32.2. The first kappa shape index (κ1) is 23.9. The van der Waals surface area contributed by atoms with Crippen LogP contribution < -0.4 is 10.2 Å². The molecule has 0 radical (unpaired) electrons. The number of carbonyl (C=O) groups excluding carboxylic acids is 1. The van der Waals surface area contributed by atoms with Gasteiger partial charge in [-0.1, -0.05) is 0 Å². The van der Waals surface area contributed by atoms with E-state index in [0.29, 0.717) is 51.7 Å². The Labute approximate surface area is 185 Å². The van der Waals surface area contributed by atoms with Crippen LogP contribution in [0.4, 0.5) is 11.4 Å². The van der Waals surface area contributed by atoms with Gasteiger partial charge in [-0.05, 0) is 39.0 Å². The lowest BCUT2D eigenvalue weighted by molar-refractivity contribution is -0.119. The summed E-state index contributed by atoms with van der Waals surface area (Å²) in [6.45, 7) is 11.2. The zero-order valence-electron chi connectivity index (χ0n) is 18.7. The summed E-state index contributed by atoms with van der Waals surface area (Å²) in [5, 5.41) is 2.97. The van der Waals surface area contributed by atoms with Crippen molar-refractivity contribution >= 4 is 27.3 Å². The minimum absolute atomic E-state index is 0.0924. The smallest absolute Gasteiger partial charge is 0.243 e. The number of nitrogens with zero attached hydrogens (tertiary/aromatic N) is 3. The average molecular weight is 455 g/mol. The fourth-order valence-electron chi connectivity index (χ4n) is 3.98.